The zero-order valence-electron chi connectivity index (χ0n) is 17.8. The highest BCUT2D eigenvalue weighted by atomic mass is 16.5. The van der Waals surface area contributed by atoms with E-state index in [1.54, 1.807) is 19.2 Å². The highest BCUT2D eigenvalue weighted by Gasteiger charge is 2.09. The fourth-order valence-electron chi connectivity index (χ4n) is 2.88. The quantitative estimate of drug-likeness (QED) is 0.416. The lowest BCUT2D eigenvalue weighted by Crippen LogP contribution is -2.39. The van der Waals surface area contributed by atoms with Gasteiger partial charge < -0.3 is 10.1 Å². The summed E-state index contributed by atoms with van der Waals surface area (Å²) in [6, 6.07) is 18.5. The number of amides is 2. The average molecular weight is 419 g/mol. The Morgan fingerprint density at radius 1 is 0.968 bits per heavy atom. The molecule has 0 atom stereocenters. The van der Waals surface area contributed by atoms with Crippen LogP contribution in [0.1, 0.15) is 17.0 Å². The maximum Gasteiger partial charge on any atom is 0.326 e. The number of methoxy groups -OCH3 is 1. The van der Waals surface area contributed by atoms with Crippen molar-refractivity contribution in [2.75, 3.05) is 24.3 Å². The second-order valence-corrected chi connectivity index (χ2v) is 6.87. The molecule has 0 aliphatic carbocycles. The van der Waals surface area contributed by atoms with Crippen LogP contribution in [0, 0.1) is 13.8 Å². The van der Waals surface area contributed by atoms with Crippen molar-refractivity contribution in [2.24, 2.45) is 4.99 Å². The van der Waals surface area contributed by atoms with Gasteiger partial charge in [0.1, 0.15) is 5.75 Å². The summed E-state index contributed by atoms with van der Waals surface area (Å²) in [5.74, 6) is 1.45. The Balaban J connectivity index is 1.70. The van der Waals surface area contributed by atoms with Crippen LogP contribution in [-0.2, 0) is 6.42 Å². The molecule has 0 radical (unpaired) electrons. The number of urea groups is 1. The van der Waals surface area contributed by atoms with E-state index in [1.807, 2.05) is 62.4 Å². The number of aromatic nitrogens is 2. The Morgan fingerprint density at radius 2 is 1.65 bits per heavy atom. The number of aryl methyl sites for hydroxylation is 2. The molecule has 160 valence electrons. The first-order valence-corrected chi connectivity index (χ1v) is 9.91. The molecule has 3 N–H and O–H groups in total. The molecule has 8 nitrogen and oxygen atoms in total. The lowest BCUT2D eigenvalue weighted by molar-refractivity contribution is 0.256. The summed E-state index contributed by atoms with van der Waals surface area (Å²) in [7, 11) is 1.64. The third kappa shape index (κ3) is 7.11. The predicted octanol–water partition coefficient (Wildman–Crippen LogP) is 3.93. The number of carbonyl (C=O) groups excluding carboxylic acids is 1. The Kier molecular flexibility index (Phi) is 7.53. The fourth-order valence-corrected chi connectivity index (χ4v) is 2.88. The molecule has 2 aromatic carbocycles. The molecule has 0 saturated carbocycles. The second kappa shape index (κ2) is 10.7. The molecule has 0 aliphatic rings. The van der Waals surface area contributed by atoms with Crippen molar-refractivity contribution < 1.29 is 9.53 Å². The van der Waals surface area contributed by atoms with E-state index in [4.69, 9.17) is 4.74 Å². The number of anilines is 2. The number of carbonyl (C=O) groups is 1. The molecule has 0 saturated heterocycles. The van der Waals surface area contributed by atoms with Gasteiger partial charge in [-0.1, -0.05) is 30.3 Å². The third-order valence-electron chi connectivity index (χ3n) is 4.31. The lowest BCUT2D eigenvalue weighted by Gasteiger charge is -2.12. The van der Waals surface area contributed by atoms with Gasteiger partial charge >= 0.3 is 6.03 Å². The van der Waals surface area contributed by atoms with Crippen LogP contribution in [0.25, 0.3) is 0 Å². The first-order chi connectivity index (χ1) is 15.0. The van der Waals surface area contributed by atoms with Crippen molar-refractivity contribution in [2.45, 2.75) is 20.3 Å². The molecule has 0 spiro atoms. The van der Waals surface area contributed by atoms with Crippen molar-refractivity contribution in [3.63, 3.8) is 0 Å². The normalized spacial score (nSPS) is 11.0. The van der Waals surface area contributed by atoms with E-state index in [0.29, 0.717) is 24.6 Å². The summed E-state index contributed by atoms with van der Waals surface area (Å²) in [4.78, 5) is 25.7. The van der Waals surface area contributed by atoms with Gasteiger partial charge in [0.05, 0.1) is 7.11 Å². The van der Waals surface area contributed by atoms with Crippen molar-refractivity contribution >= 4 is 23.6 Å². The topological polar surface area (TPSA) is 101 Å². The van der Waals surface area contributed by atoms with Crippen LogP contribution < -0.4 is 20.7 Å². The number of para-hydroxylation sites is 1. The van der Waals surface area contributed by atoms with Crippen LogP contribution in [0.15, 0.2) is 65.7 Å². The number of rotatable bonds is 6. The summed E-state index contributed by atoms with van der Waals surface area (Å²) in [6.07, 6.45) is 0.699. The molecule has 3 rings (SSSR count). The molecule has 0 fully saturated rings. The van der Waals surface area contributed by atoms with Crippen molar-refractivity contribution in [1.29, 1.82) is 0 Å². The monoisotopic (exact) mass is 418 g/mol. The molecule has 8 heteroatoms. The number of aliphatic imine (C=N–C) groups is 1. The standard InChI is InChI=1S/C23H26N6O2/c1-16-15-17(2)26-22(25-16)28-21(29-23(30)27-19-7-5-4-6-8-19)24-14-13-18-9-11-20(31-3)12-10-18/h4-12,15H,13-14H2,1-3H3,(H3,24,25,26,27,28,29,30). The van der Waals surface area contributed by atoms with Gasteiger partial charge in [-0.3, -0.25) is 15.6 Å². The van der Waals surface area contributed by atoms with E-state index < -0.39 is 6.03 Å². The fraction of sp³-hybridized carbons (Fsp3) is 0.217. The minimum absolute atomic E-state index is 0.270. The number of guanidine groups is 1. The van der Waals surface area contributed by atoms with Gasteiger partial charge in [-0.25, -0.2) is 14.8 Å². The van der Waals surface area contributed by atoms with Gasteiger partial charge in [0.2, 0.25) is 11.9 Å². The maximum atomic E-state index is 12.5. The number of ether oxygens (including phenoxy) is 1. The van der Waals surface area contributed by atoms with Gasteiger partial charge in [0.25, 0.3) is 0 Å². The number of hydrogen-bond acceptors (Lipinski definition) is 5. The summed E-state index contributed by atoms with van der Waals surface area (Å²) in [6.45, 7) is 4.23. The van der Waals surface area contributed by atoms with Crippen molar-refractivity contribution in [1.82, 2.24) is 15.3 Å². The Labute approximate surface area is 181 Å². The molecular formula is C23H26N6O2. The Hall–Kier alpha value is -3.94. The minimum atomic E-state index is -0.411. The van der Waals surface area contributed by atoms with Gasteiger partial charge in [0.15, 0.2) is 0 Å². The van der Waals surface area contributed by atoms with E-state index >= 15 is 0 Å². The summed E-state index contributed by atoms with van der Waals surface area (Å²) in [5.41, 5.74) is 3.43. The number of hydrogen-bond donors (Lipinski definition) is 3. The second-order valence-electron chi connectivity index (χ2n) is 6.87. The molecule has 3 aromatic rings. The van der Waals surface area contributed by atoms with Gasteiger partial charge in [0, 0.05) is 23.6 Å². The molecule has 1 heterocycles. The number of nitrogens with one attached hydrogen (secondary N) is 3. The first kappa shape index (κ1) is 21.8. The zero-order chi connectivity index (χ0) is 22.1. The molecule has 0 aliphatic heterocycles. The van der Waals surface area contributed by atoms with Gasteiger partial charge in [-0.15, -0.1) is 0 Å². The smallest absolute Gasteiger partial charge is 0.326 e. The largest absolute Gasteiger partial charge is 0.497 e. The average Bonchev–Trinajstić information content (AvgIpc) is 2.74. The van der Waals surface area contributed by atoms with E-state index in [1.165, 1.54) is 0 Å². The molecular weight excluding hydrogens is 392 g/mol. The lowest BCUT2D eigenvalue weighted by atomic mass is 10.1. The zero-order valence-corrected chi connectivity index (χ0v) is 17.8. The Bertz CT molecular complexity index is 1020. The molecule has 1 aromatic heterocycles. The molecule has 0 unspecified atom stereocenters. The minimum Gasteiger partial charge on any atom is -0.497 e. The summed E-state index contributed by atoms with van der Waals surface area (Å²) >= 11 is 0. The van der Waals surface area contributed by atoms with E-state index in [9.17, 15) is 4.79 Å². The number of nitrogens with zero attached hydrogens (tertiary/aromatic N) is 3. The molecule has 31 heavy (non-hydrogen) atoms. The van der Waals surface area contributed by atoms with E-state index in [-0.39, 0.29) is 5.96 Å². The van der Waals surface area contributed by atoms with E-state index in [0.717, 1.165) is 22.7 Å². The maximum absolute atomic E-state index is 12.5. The van der Waals surface area contributed by atoms with Crippen LogP contribution in [0.4, 0.5) is 16.4 Å². The van der Waals surface area contributed by atoms with Crippen LogP contribution in [0.5, 0.6) is 5.75 Å². The summed E-state index contributed by atoms with van der Waals surface area (Å²) < 4.78 is 5.18. The first-order valence-electron chi connectivity index (χ1n) is 9.91. The SMILES string of the molecule is COc1ccc(CCN=C(NC(=O)Nc2ccccc2)Nc2nc(C)cc(C)n2)cc1. The van der Waals surface area contributed by atoms with Gasteiger partial charge in [-0.05, 0) is 56.2 Å². The van der Waals surface area contributed by atoms with Crippen molar-refractivity contribution in [3.8, 4) is 5.75 Å². The van der Waals surface area contributed by atoms with Crippen LogP contribution in [-0.4, -0.2) is 35.6 Å². The summed E-state index contributed by atoms with van der Waals surface area (Å²) in [5, 5.41) is 8.54. The highest BCUT2D eigenvalue weighted by molar-refractivity contribution is 6.06. The van der Waals surface area contributed by atoms with Gasteiger partial charge in [-0.2, -0.15) is 0 Å². The highest BCUT2D eigenvalue weighted by Crippen LogP contribution is 2.12. The predicted molar refractivity (Wildman–Crippen MR) is 123 cm³/mol. The van der Waals surface area contributed by atoms with Crippen LogP contribution in [0.2, 0.25) is 0 Å². The number of benzene rings is 2. The third-order valence-corrected chi connectivity index (χ3v) is 4.31. The molecule has 2 amide bonds. The van der Waals surface area contributed by atoms with E-state index in [2.05, 4.69) is 30.9 Å². The molecule has 0 bridgehead atoms. The van der Waals surface area contributed by atoms with Crippen LogP contribution in [0.3, 0.4) is 0 Å². The Morgan fingerprint density at radius 3 is 2.29 bits per heavy atom. The van der Waals surface area contributed by atoms with Crippen molar-refractivity contribution in [3.05, 3.63) is 77.6 Å². The van der Waals surface area contributed by atoms with Crippen LogP contribution >= 0.6 is 0 Å².